The minimum atomic E-state index is -2.74. The monoisotopic (exact) mass is 189 g/mol. The molecule has 0 bridgehead atoms. The van der Waals surface area contributed by atoms with Crippen LogP contribution in [0.1, 0.15) is 17.2 Å². The van der Waals surface area contributed by atoms with Crippen molar-refractivity contribution in [2.24, 2.45) is 5.73 Å². The molecular formula is C9H10F3N. The molecule has 13 heavy (non-hydrogen) atoms. The summed E-state index contributed by atoms with van der Waals surface area (Å²) >= 11 is 0. The van der Waals surface area contributed by atoms with Crippen molar-refractivity contribution in [3.8, 4) is 0 Å². The molecule has 2 N–H and O–H groups in total. The van der Waals surface area contributed by atoms with E-state index in [0.717, 1.165) is 6.07 Å². The molecule has 0 spiro atoms. The Bertz CT molecular complexity index is 299. The number of halogens is 3. The smallest absolute Gasteiger partial charge is 0.257 e. The zero-order chi connectivity index (χ0) is 10.0. The molecular weight excluding hydrogens is 179 g/mol. The summed E-state index contributed by atoms with van der Waals surface area (Å²) < 4.78 is 37.2. The fourth-order valence-electron chi connectivity index (χ4n) is 1.05. The van der Waals surface area contributed by atoms with Gasteiger partial charge in [-0.2, -0.15) is 0 Å². The average molecular weight is 189 g/mol. The molecule has 0 aromatic heterocycles. The number of aryl methyl sites for hydroxylation is 1. The molecule has 0 aliphatic heterocycles. The predicted octanol–water partition coefficient (Wildman–Crippen LogP) is 2.40. The van der Waals surface area contributed by atoms with Crippen LogP contribution in [-0.4, -0.2) is 6.43 Å². The van der Waals surface area contributed by atoms with E-state index < -0.39 is 18.3 Å². The lowest BCUT2D eigenvalue weighted by atomic mass is 10.0. The first-order valence-corrected chi connectivity index (χ1v) is 3.82. The maximum Gasteiger partial charge on any atom is 0.257 e. The molecule has 0 saturated carbocycles. The highest BCUT2D eigenvalue weighted by atomic mass is 19.3. The van der Waals surface area contributed by atoms with Crippen LogP contribution in [0.25, 0.3) is 0 Å². The third kappa shape index (κ3) is 2.21. The first kappa shape index (κ1) is 10.1. The number of rotatable bonds is 2. The molecule has 0 aliphatic carbocycles. The van der Waals surface area contributed by atoms with Crippen molar-refractivity contribution < 1.29 is 13.2 Å². The van der Waals surface area contributed by atoms with E-state index >= 15 is 0 Å². The van der Waals surface area contributed by atoms with Crippen molar-refractivity contribution in [1.29, 1.82) is 0 Å². The van der Waals surface area contributed by atoms with Crippen molar-refractivity contribution >= 4 is 0 Å². The highest BCUT2D eigenvalue weighted by molar-refractivity contribution is 5.26. The quantitative estimate of drug-likeness (QED) is 0.759. The molecule has 0 aliphatic rings. The van der Waals surface area contributed by atoms with Gasteiger partial charge in [-0.1, -0.05) is 17.7 Å². The van der Waals surface area contributed by atoms with Crippen LogP contribution in [0.2, 0.25) is 0 Å². The molecule has 1 aromatic rings. The van der Waals surface area contributed by atoms with E-state index in [1.54, 1.807) is 6.92 Å². The molecule has 0 amide bonds. The van der Waals surface area contributed by atoms with Gasteiger partial charge >= 0.3 is 0 Å². The lowest BCUT2D eigenvalue weighted by Crippen LogP contribution is -2.20. The lowest BCUT2D eigenvalue weighted by Gasteiger charge is -2.12. The summed E-state index contributed by atoms with van der Waals surface area (Å²) in [6.07, 6.45) is -2.74. The van der Waals surface area contributed by atoms with Crippen LogP contribution in [0.15, 0.2) is 18.2 Å². The Balaban J connectivity index is 3.05. The van der Waals surface area contributed by atoms with E-state index in [1.807, 2.05) is 0 Å². The maximum atomic E-state index is 13.0. The van der Waals surface area contributed by atoms with Crippen LogP contribution in [-0.2, 0) is 0 Å². The van der Waals surface area contributed by atoms with Gasteiger partial charge in [0.2, 0.25) is 0 Å². The van der Waals surface area contributed by atoms with Crippen molar-refractivity contribution in [3.05, 3.63) is 35.1 Å². The molecule has 4 heteroatoms. The van der Waals surface area contributed by atoms with Crippen molar-refractivity contribution in [2.75, 3.05) is 0 Å². The zero-order valence-electron chi connectivity index (χ0n) is 7.10. The van der Waals surface area contributed by atoms with Crippen LogP contribution in [0, 0.1) is 12.7 Å². The Labute approximate surface area is 74.4 Å². The normalized spacial score (nSPS) is 13.4. The Hall–Kier alpha value is -1.03. The molecule has 1 aromatic carbocycles. The number of benzene rings is 1. The van der Waals surface area contributed by atoms with Crippen LogP contribution in [0.4, 0.5) is 13.2 Å². The van der Waals surface area contributed by atoms with Gasteiger partial charge in [-0.25, -0.2) is 13.2 Å². The van der Waals surface area contributed by atoms with E-state index in [0.29, 0.717) is 5.56 Å². The number of nitrogens with two attached hydrogens (primary N) is 1. The summed E-state index contributed by atoms with van der Waals surface area (Å²) in [4.78, 5) is 0. The standard InChI is InChI=1S/C9H10F3N/c1-5-2-3-7(10)6(4-5)8(13)9(11)12/h2-4,8-9H,13H2,1H3/t8-/m1/s1. The number of alkyl halides is 2. The summed E-state index contributed by atoms with van der Waals surface area (Å²) in [5, 5.41) is 0. The predicted molar refractivity (Wildman–Crippen MR) is 44.1 cm³/mol. The Morgan fingerprint density at radius 1 is 1.31 bits per heavy atom. The van der Waals surface area contributed by atoms with E-state index in [-0.39, 0.29) is 5.56 Å². The second-order valence-electron chi connectivity index (χ2n) is 2.89. The van der Waals surface area contributed by atoms with Crippen LogP contribution < -0.4 is 5.73 Å². The van der Waals surface area contributed by atoms with Gasteiger partial charge in [-0.15, -0.1) is 0 Å². The SMILES string of the molecule is Cc1ccc(F)c([C@@H](N)C(F)F)c1. The minimum Gasteiger partial charge on any atom is -0.319 e. The molecule has 0 radical (unpaired) electrons. The second kappa shape index (κ2) is 3.79. The van der Waals surface area contributed by atoms with E-state index in [4.69, 9.17) is 5.73 Å². The molecule has 1 rings (SSSR count). The number of hydrogen-bond donors (Lipinski definition) is 1. The van der Waals surface area contributed by atoms with E-state index in [1.165, 1.54) is 12.1 Å². The van der Waals surface area contributed by atoms with E-state index in [9.17, 15) is 13.2 Å². The molecule has 1 atom stereocenters. The third-order valence-corrected chi connectivity index (χ3v) is 1.78. The zero-order valence-corrected chi connectivity index (χ0v) is 7.10. The van der Waals surface area contributed by atoms with Gasteiger partial charge in [0.05, 0.1) is 6.04 Å². The van der Waals surface area contributed by atoms with Crippen molar-refractivity contribution in [3.63, 3.8) is 0 Å². The van der Waals surface area contributed by atoms with Crippen molar-refractivity contribution in [2.45, 2.75) is 19.4 Å². The summed E-state index contributed by atoms with van der Waals surface area (Å²) in [7, 11) is 0. The van der Waals surface area contributed by atoms with E-state index in [2.05, 4.69) is 0 Å². The Morgan fingerprint density at radius 3 is 2.46 bits per heavy atom. The molecule has 1 nitrogen and oxygen atoms in total. The third-order valence-electron chi connectivity index (χ3n) is 1.78. The second-order valence-corrected chi connectivity index (χ2v) is 2.89. The Morgan fingerprint density at radius 2 is 1.92 bits per heavy atom. The highest BCUT2D eigenvalue weighted by Crippen LogP contribution is 2.21. The fourth-order valence-corrected chi connectivity index (χ4v) is 1.05. The first-order valence-electron chi connectivity index (χ1n) is 3.82. The van der Waals surface area contributed by atoms with Crippen LogP contribution in [0.5, 0.6) is 0 Å². The molecule has 0 unspecified atom stereocenters. The molecule has 0 heterocycles. The molecule has 0 fully saturated rings. The lowest BCUT2D eigenvalue weighted by molar-refractivity contribution is 0.115. The molecule has 0 saturated heterocycles. The largest absolute Gasteiger partial charge is 0.319 e. The van der Waals surface area contributed by atoms with Gasteiger partial charge in [-0.3, -0.25) is 0 Å². The first-order chi connectivity index (χ1) is 6.02. The fraction of sp³-hybridized carbons (Fsp3) is 0.333. The number of hydrogen-bond acceptors (Lipinski definition) is 1. The topological polar surface area (TPSA) is 26.0 Å². The van der Waals surface area contributed by atoms with Gasteiger partial charge in [0.15, 0.2) is 0 Å². The van der Waals surface area contributed by atoms with Gasteiger partial charge < -0.3 is 5.73 Å². The maximum absolute atomic E-state index is 13.0. The minimum absolute atomic E-state index is 0.130. The summed E-state index contributed by atoms with van der Waals surface area (Å²) in [6, 6.07) is 2.45. The average Bonchev–Trinajstić information content (AvgIpc) is 2.08. The summed E-state index contributed by atoms with van der Waals surface area (Å²) in [5.74, 6) is -0.682. The van der Waals surface area contributed by atoms with Gasteiger partial charge in [0, 0.05) is 5.56 Å². The van der Waals surface area contributed by atoms with Crippen LogP contribution in [0.3, 0.4) is 0 Å². The summed E-state index contributed by atoms with van der Waals surface area (Å²) in [5.41, 5.74) is 5.70. The molecule has 72 valence electrons. The van der Waals surface area contributed by atoms with Gasteiger partial charge in [0.25, 0.3) is 6.43 Å². The van der Waals surface area contributed by atoms with Crippen LogP contribution >= 0.6 is 0 Å². The van der Waals surface area contributed by atoms with Gasteiger partial charge in [0.1, 0.15) is 5.82 Å². The van der Waals surface area contributed by atoms with Crippen molar-refractivity contribution in [1.82, 2.24) is 0 Å². The highest BCUT2D eigenvalue weighted by Gasteiger charge is 2.20. The Kier molecular flexibility index (Phi) is 2.93. The van der Waals surface area contributed by atoms with Gasteiger partial charge in [-0.05, 0) is 13.0 Å². The summed E-state index contributed by atoms with van der Waals surface area (Å²) in [6.45, 7) is 1.70.